The van der Waals surface area contributed by atoms with E-state index in [2.05, 4.69) is 22.3 Å². The van der Waals surface area contributed by atoms with Crippen LogP contribution >= 0.6 is 0 Å². The lowest BCUT2D eigenvalue weighted by atomic mass is 9.83. The highest BCUT2D eigenvalue weighted by Crippen LogP contribution is 2.27. The molecule has 0 aliphatic heterocycles. The number of aromatic nitrogens is 3. The normalized spacial score (nSPS) is 25.9. The van der Waals surface area contributed by atoms with Crippen molar-refractivity contribution >= 4 is 0 Å². The topological polar surface area (TPSA) is 42.7 Å². The second-order valence-electron chi connectivity index (χ2n) is 5.06. The molecule has 1 saturated carbocycles. The molecule has 1 N–H and O–H groups in total. The van der Waals surface area contributed by atoms with Crippen LogP contribution in [0.5, 0.6) is 0 Å². The summed E-state index contributed by atoms with van der Waals surface area (Å²) in [6.07, 6.45) is 7.17. The molecule has 0 bridgehead atoms. The molecule has 0 atom stereocenters. The van der Waals surface area contributed by atoms with Gasteiger partial charge in [-0.25, -0.2) is 4.98 Å². The second kappa shape index (κ2) is 5.43. The molecule has 90 valence electrons. The van der Waals surface area contributed by atoms with Crippen LogP contribution in [0.2, 0.25) is 0 Å². The number of nitrogens with one attached hydrogen (secondary N) is 1. The van der Waals surface area contributed by atoms with Crippen molar-refractivity contribution < 1.29 is 0 Å². The Hall–Kier alpha value is -0.900. The lowest BCUT2D eigenvalue weighted by molar-refractivity contribution is 0.280. The van der Waals surface area contributed by atoms with E-state index in [4.69, 9.17) is 0 Å². The lowest BCUT2D eigenvalue weighted by Crippen LogP contribution is -2.26. The molecule has 1 fully saturated rings. The van der Waals surface area contributed by atoms with Crippen LogP contribution in [0.25, 0.3) is 0 Å². The first-order valence-corrected chi connectivity index (χ1v) is 6.29. The van der Waals surface area contributed by atoms with Gasteiger partial charge >= 0.3 is 0 Å². The molecule has 4 heteroatoms. The van der Waals surface area contributed by atoms with Crippen LogP contribution in [-0.2, 0) is 13.6 Å². The van der Waals surface area contributed by atoms with E-state index in [0.717, 1.165) is 30.7 Å². The Morgan fingerprint density at radius 1 is 1.38 bits per heavy atom. The maximum Gasteiger partial charge on any atom is 0.140 e. The molecule has 0 amide bonds. The Morgan fingerprint density at radius 3 is 2.75 bits per heavy atom. The van der Waals surface area contributed by atoms with E-state index in [9.17, 15) is 0 Å². The van der Waals surface area contributed by atoms with Crippen LogP contribution in [-0.4, -0.2) is 21.3 Å². The molecule has 4 nitrogen and oxygen atoms in total. The number of rotatable bonds is 4. The van der Waals surface area contributed by atoms with E-state index in [-0.39, 0.29) is 0 Å². The van der Waals surface area contributed by atoms with Gasteiger partial charge in [-0.2, -0.15) is 5.10 Å². The van der Waals surface area contributed by atoms with Gasteiger partial charge in [0.15, 0.2) is 0 Å². The number of hydrogen-bond acceptors (Lipinski definition) is 3. The Balaban J connectivity index is 1.67. The molecule has 1 aliphatic carbocycles. The van der Waals surface area contributed by atoms with E-state index in [1.54, 1.807) is 6.33 Å². The van der Waals surface area contributed by atoms with E-state index >= 15 is 0 Å². The third kappa shape index (κ3) is 3.04. The van der Waals surface area contributed by atoms with Crippen LogP contribution in [0.3, 0.4) is 0 Å². The molecule has 0 spiro atoms. The highest BCUT2D eigenvalue weighted by molar-refractivity contribution is 4.82. The zero-order valence-electron chi connectivity index (χ0n) is 10.3. The fourth-order valence-electron chi connectivity index (χ4n) is 2.40. The molecule has 1 aromatic heterocycles. The molecule has 1 heterocycles. The number of nitrogens with zero attached hydrogens (tertiary/aromatic N) is 3. The first-order valence-electron chi connectivity index (χ1n) is 6.29. The molecule has 1 aromatic rings. The van der Waals surface area contributed by atoms with Gasteiger partial charge in [-0.1, -0.05) is 19.8 Å². The minimum Gasteiger partial charge on any atom is -0.310 e. The number of hydrogen-bond donors (Lipinski definition) is 1. The van der Waals surface area contributed by atoms with Gasteiger partial charge in [0.2, 0.25) is 0 Å². The molecule has 0 radical (unpaired) electrons. The van der Waals surface area contributed by atoms with Crippen molar-refractivity contribution in [3.05, 3.63) is 12.2 Å². The lowest BCUT2D eigenvalue weighted by Gasteiger charge is -2.26. The molecule has 2 rings (SSSR count). The fourth-order valence-corrected chi connectivity index (χ4v) is 2.40. The van der Waals surface area contributed by atoms with Crippen LogP contribution in [0, 0.1) is 11.8 Å². The summed E-state index contributed by atoms with van der Waals surface area (Å²) in [7, 11) is 1.94. The molecular weight excluding hydrogens is 200 g/mol. The van der Waals surface area contributed by atoms with Crippen molar-refractivity contribution in [2.24, 2.45) is 18.9 Å². The predicted molar refractivity (Wildman–Crippen MR) is 63.8 cm³/mol. The summed E-state index contributed by atoms with van der Waals surface area (Å²) >= 11 is 0. The van der Waals surface area contributed by atoms with Gasteiger partial charge in [-0.05, 0) is 31.2 Å². The smallest absolute Gasteiger partial charge is 0.140 e. The summed E-state index contributed by atoms with van der Waals surface area (Å²) in [4.78, 5) is 4.20. The Kier molecular flexibility index (Phi) is 3.93. The quantitative estimate of drug-likeness (QED) is 0.843. The largest absolute Gasteiger partial charge is 0.310 e. The summed E-state index contributed by atoms with van der Waals surface area (Å²) in [5.74, 6) is 2.82. The standard InChI is InChI=1S/C12H22N4/c1-10-3-5-11(6-4-10)7-13-8-12-14-9-15-16(12)2/h9-11,13H,3-8H2,1-2H3. The maximum absolute atomic E-state index is 4.20. The van der Waals surface area contributed by atoms with E-state index in [0.29, 0.717) is 0 Å². The Morgan fingerprint density at radius 2 is 2.12 bits per heavy atom. The number of aryl methyl sites for hydroxylation is 1. The first kappa shape index (κ1) is 11.6. The summed E-state index contributed by atoms with van der Waals surface area (Å²) in [5, 5.41) is 7.55. The van der Waals surface area contributed by atoms with Gasteiger partial charge in [-0.15, -0.1) is 0 Å². The third-order valence-corrected chi connectivity index (χ3v) is 3.66. The van der Waals surface area contributed by atoms with Gasteiger partial charge in [0.25, 0.3) is 0 Å². The second-order valence-corrected chi connectivity index (χ2v) is 5.06. The van der Waals surface area contributed by atoms with Crippen molar-refractivity contribution in [3.8, 4) is 0 Å². The Bertz CT molecular complexity index is 313. The average Bonchev–Trinajstić information content (AvgIpc) is 2.68. The molecular formula is C12H22N4. The molecule has 0 unspecified atom stereocenters. The SMILES string of the molecule is CC1CCC(CNCc2ncnn2C)CC1. The zero-order valence-corrected chi connectivity index (χ0v) is 10.3. The van der Waals surface area contributed by atoms with Crippen LogP contribution in [0.4, 0.5) is 0 Å². The van der Waals surface area contributed by atoms with Gasteiger partial charge in [0.05, 0.1) is 6.54 Å². The van der Waals surface area contributed by atoms with E-state index < -0.39 is 0 Å². The van der Waals surface area contributed by atoms with Crippen molar-refractivity contribution in [3.63, 3.8) is 0 Å². The zero-order chi connectivity index (χ0) is 11.4. The Labute approximate surface area is 97.5 Å². The minimum atomic E-state index is 0.836. The third-order valence-electron chi connectivity index (χ3n) is 3.66. The molecule has 1 aliphatic rings. The molecule has 16 heavy (non-hydrogen) atoms. The first-order chi connectivity index (χ1) is 7.75. The van der Waals surface area contributed by atoms with Crippen LogP contribution < -0.4 is 5.32 Å². The van der Waals surface area contributed by atoms with Crippen molar-refractivity contribution in [2.75, 3.05) is 6.54 Å². The highest BCUT2D eigenvalue weighted by Gasteiger charge is 2.17. The maximum atomic E-state index is 4.20. The van der Waals surface area contributed by atoms with E-state index in [1.807, 2.05) is 11.7 Å². The monoisotopic (exact) mass is 222 g/mol. The minimum absolute atomic E-state index is 0.836. The summed E-state index contributed by atoms with van der Waals surface area (Å²) in [6.45, 7) is 4.32. The average molecular weight is 222 g/mol. The van der Waals surface area contributed by atoms with E-state index in [1.165, 1.54) is 25.7 Å². The van der Waals surface area contributed by atoms with Gasteiger partial charge < -0.3 is 5.32 Å². The fraction of sp³-hybridized carbons (Fsp3) is 0.833. The predicted octanol–water partition coefficient (Wildman–Crippen LogP) is 1.73. The van der Waals surface area contributed by atoms with Crippen LogP contribution in [0.1, 0.15) is 38.4 Å². The highest BCUT2D eigenvalue weighted by atomic mass is 15.3. The van der Waals surface area contributed by atoms with Crippen LogP contribution in [0.15, 0.2) is 6.33 Å². The van der Waals surface area contributed by atoms with Crippen molar-refractivity contribution in [1.82, 2.24) is 20.1 Å². The summed E-state index contributed by atoms with van der Waals surface area (Å²) in [5.41, 5.74) is 0. The summed E-state index contributed by atoms with van der Waals surface area (Å²) in [6, 6.07) is 0. The van der Waals surface area contributed by atoms with Crippen molar-refractivity contribution in [2.45, 2.75) is 39.2 Å². The molecule has 0 saturated heterocycles. The van der Waals surface area contributed by atoms with Gasteiger partial charge in [0.1, 0.15) is 12.2 Å². The van der Waals surface area contributed by atoms with Crippen molar-refractivity contribution in [1.29, 1.82) is 0 Å². The summed E-state index contributed by atoms with van der Waals surface area (Å²) < 4.78 is 1.83. The molecule has 0 aromatic carbocycles. The van der Waals surface area contributed by atoms with Gasteiger partial charge in [0, 0.05) is 7.05 Å². The van der Waals surface area contributed by atoms with Gasteiger partial charge in [-0.3, -0.25) is 4.68 Å².